The monoisotopic (exact) mass is 309 g/mol. The largest absolute Gasteiger partial charge is 0.375 e. The molecule has 114 valence electrons. The zero-order chi connectivity index (χ0) is 15.5. The van der Waals surface area contributed by atoms with Gasteiger partial charge in [0.1, 0.15) is 11.6 Å². The summed E-state index contributed by atoms with van der Waals surface area (Å²) in [6.45, 7) is 6.79. The molecule has 21 heavy (non-hydrogen) atoms. The summed E-state index contributed by atoms with van der Waals surface area (Å²) in [6, 6.07) is 6.33. The van der Waals surface area contributed by atoms with Crippen LogP contribution < -0.4 is 5.32 Å². The van der Waals surface area contributed by atoms with Crippen molar-refractivity contribution in [3.05, 3.63) is 41.5 Å². The molecule has 0 bridgehead atoms. The number of methoxy groups -OCH3 is 1. The van der Waals surface area contributed by atoms with Crippen molar-refractivity contribution in [2.75, 3.05) is 19.0 Å². The van der Waals surface area contributed by atoms with Crippen LogP contribution in [0.15, 0.2) is 24.3 Å². The highest BCUT2D eigenvalue weighted by Crippen LogP contribution is 2.24. The summed E-state index contributed by atoms with van der Waals surface area (Å²) in [4.78, 5) is 4.48. The van der Waals surface area contributed by atoms with E-state index in [0.29, 0.717) is 6.54 Å². The first-order valence-corrected chi connectivity index (χ1v) is 7.54. The molecular formula is C15H20FN3OS. The maximum absolute atomic E-state index is 12.9. The van der Waals surface area contributed by atoms with Gasteiger partial charge in [-0.05, 0) is 17.7 Å². The molecule has 1 heterocycles. The molecular weight excluding hydrogens is 289 g/mol. The van der Waals surface area contributed by atoms with Gasteiger partial charge in [0, 0.05) is 30.6 Å². The van der Waals surface area contributed by atoms with Gasteiger partial charge in [-0.2, -0.15) is 4.37 Å². The Bertz CT molecular complexity index is 577. The Balaban J connectivity index is 2.00. The molecule has 0 saturated carbocycles. The zero-order valence-corrected chi connectivity index (χ0v) is 13.5. The number of aromatic nitrogens is 2. The van der Waals surface area contributed by atoms with E-state index in [1.165, 1.54) is 23.7 Å². The van der Waals surface area contributed by atoms with Gasteiger partial charge in [-0.1, -0.05) is 32.9 Å². The van der Waals surface area contributed by atoms with Crippen LogP contribution in [0, 0.1) is 5.82 Å². The van der Waals surface area contributed by atoms with E-state index in [2.05, 4.69) is 35.4 Å². The third-order valence-electron chi connectivity index (χ3n) is 3.06. The first-order chi connectivity index (χ1) is 9.90. The highest BCUT2D eigenvalue weighted by molar-refractivity contribution is 7.09. The fourth-order valence-electron chi connectivity index (χ4n) is 1.79. The summed E-state index contributed by atoms with van der Waals surface area (Å²) in [5.74, 6) is 0.575. The number of nitrogens with one attached hydrogen (secondary N) is 1. The van der Waals surface area contributed by atoms with Gasteiger partial charge in [0.15, 0.2) is 0 Å². The Morgan fingerprint density at radius 1 is 1.29 bits per heavy atom. The van der Waals surface area contributed by atoms with Crippen molar-refractivity contribution in [2.24, 2.45) is 0 Å². The lowest BCUT2D eigenvalue weighted by Gasteiger charge is -2.16. The molecule has 0 aliphatic rings. The van der Waals surface area contributed by atoms with Crippen LogP contribution in [-0.4, -0.2) is 23.0 Å². The number of ether oxygens (including phenoxy) is 1. The van der Waals surface area contributed by atoms with Crippen LogP contribution in [0.25, 0.3) is 0 Å². The first-order valence-electron chi connectivity index (χ1n) is 6.76. The molecule has 1 unspecified atom stereocenters. The van der Waals surface area contributed by atoms with Crippen molar-refractivity contribution in [3.8, 4) is 0 Å². The van der Waals surface area contributed by atoms with Gasteiger partial charge in [0.25, 0.3) is 0 Å². The fourth-order valence-corrected chi connectivity index (χ4v) is 2.56. The standard InChI is InChI=1S/C15H20FN3OS/c1-15(2,3)13-18-14(21-19-13)17-9-12(20-4)10-5-7-11(16)8-6-10/h5-8,12H,9H2,1-4H3,(H,17,18,19). The van der Waals surface area contributed by atoms with E-state index in [-0.39, 0.29) is 17.3 Å². The van der Waals surface area contributed by atoms with Crippen molar-refractivity contribution < 1.29 is 9.13 Å². The summed E-state index contributed by atoms with van der Waals surface area (Å²) >= 11 is 1.34. The minimum absolute atomic E-state index is 0.0615. The van der Waals surface area contributed by atoms with Crippen molar-refractivity contribution in [2.45, 2.75) is 32.3 Å². The second-order valence-electron chi connectivity index (χ2n) is 5.83. The molecule has 0 spiro atoms. The molecule has 2 aromatic rings. The molecule has 0 radical (unpaired) electrons. The van der Waals surface area contributed by atoms with Crippen LogP contribution >= 0.6 is 11.5 Å². The first kappa shape index (κ1) is 15.9. The second-order valence-corrected chi connectivity index (χ2v) is 6.58. The van der Waals surface area contributed by atoms with Crippen molar-refractivity contribution in [3.63, 3.8) is 0 Å². The third-order valence-corrected chi connectivity index (χ3v) is 3.73. The topological polar surface area (TPSA) is 47.0 Å². The number of nitrogens with zero attached hydrogens (tertiary/aromatic N) is 2. The van der Waals surface area contributed by atoms with Gasteiger partial charge < -0.3 is 10.1 Å². The molecule has 1 N–H and O–H groups in total. The van der Waals surface area contributed by atoms with Crippen molar-refractivity contribution in [1.29, 1.82) is 0 Å². The minimum atomic E-state index is -0.250. The molecule has 4 nitrogen and oxygen atoms in total. The molecule has 1 atom stereocenters. The van der Waals surface area contributed by atoms with Gasteiger partial charge in [-0.25, -0.2) is 9.37 Å². The van der Waals surface area contributed by atoms with Crippen molar-refractivity contribution >= 4 is 16.7 Å². The smallest absolute Gasteiger partial charge is 0.202 e. The van der Waals surface area contributed by atoms with E-state index in [4.69, 9.17) is 4.74 Å². The Kier molecular flexibility index (Phi) is 4.90. The van der Waals surface area contributed by atoms with Gasteiger partial charge in [-0.3, -0.25) is 0 Å². The van der Waals surface area contributed by atoms with Crippen molar-refractivity contribution in [1.82, 2.24) is 9.36 Å². The molecule has 6 heteroatoms. The van der Waals surface area contributed by atoms with Crippen LogP contribution in [0.5, 0.6) is 0 Å². The molecule has 2 rings (SSSR count). The third kappa shape index (κ3) is 4.22. The predicted molar refractivity (Wildman–Crippen MR) is 83.2 cm³/mol. The highest BCUT2D eigenvalue weighted by Gasteiger charge is 2.20. The number of halogens is 1. The van der Waals surface area contributed by atoms with Crippen LogP contribution in [0.3, 0.4) is 0 Å². The van der Waals surface area contributed by atoms with E-state index < -0.39 is 0 Å². The van der Waals surface area contributed by atoms with Crippen LogP contribution in [-0.2, 0) is 10.2 Å². The minimum Gasteiger partial charge on any atom is -0.375 e. The quantitative estimate of drug-likeness (QED) is 0.913. The van der Waals surface area contributed by atoms with E-state index in [1.807, 2.05) is 0 Å². The molecule has 0 amide bonds. The summed E-state index contributed by atoms with van der Waals surface area (Å²) < 4.78 is 22.7. The average Bonchev–Trinajstić information content (AvgIpc) is 2.90. The lowest BCUT2D eigenvalue weighted by molar-refractivity contribution is 0.114. The Morgan fingerprint density at radius 2 is 1.95 bits per heavy atom. The summed E-state index contributed by atoms with van der Waals surface area (Å²) in [6.07, 6.45) is -0.160. The molecule has 0 aliphatic heterocycles. The predicted octanol–water partition coefficient (Wildman–Crippen LogP) is 3.77. The second kappa shape index (κ2) is 6.49. The summed E-state index contributed by atoms with van der Waals surface area (Å²) in [5.41, 5.74) is 0.862. The number of benzene rings is 1. The SMILES string of the molecule is COC(CNc1nc(C(C)(C)C)ns1)c1ccc(F)cc1. The number of hydrogen-bond donors (Lipinski definition) is 1. The molecule has 0 aliphatic carbocycles. The molecule has 1 aromatic carbocycles. The van der Waals surface area contributed by atoms with Gasteiger partial charge in [0.05, 0.1) is 6.10 Å². The van der Waals surface area contributed by atoms with Crippen LogP contribution in [0.2, 0.25) is 0 Å². The summed E-state index contributed by atoms with van der Waals surface area (Å²) in [5, 5.41) is 4.00. The van der Waals surface area contributed by atoms with Gasteiger partial charge >= 0.3 is 0 Å². The summed E-state index contributed by atoms with van der Waals surface area (Å²) in [7, 11) is 1.64. The van der Waals surface area contributed by atoms with E-state index in [0.717, 1.165) is 16.5 Å². The maximum atomic E-state index is 12.9. The molecule has 0 fully saturated rings. The lowest BCUT2D eigenvalue weighted by Crippen LogP contribution is -2.16. The Labute approximate surface area is 128 Å². The fraction of sp³-hybridized carbons (Fsp3) is 0.467. The van der Waals surface area contributed by atoms with Crippen LogP contribution in [0.4, 0.5) is 9.52 Å². The number of anilines is 1. The molecule has 1 aromatic heterocycles. The zero-order valence-electron chi connectivity index (χ0n) is 12.7. The molecule has 0 saturated heterocycles. The van der Waals surface area contributed by atoms with E-state index in [1.54, 1.807) is 19.2 Å². The average molecular weight is 309 g/mol. The Morgan fingerprint density at radius 3 is 2.48 bits per heavy atom. The van der Waals surface area contributed by atoms with E-state index in [9.17, 15) is 4.39 Å². The number of rotatable bonds is 5. The maximum Gasteiger partial charge on any atom is 0.202 e. The lowest BCUT2D eigenvalue weighted by atomic mass is 9.96. The van der Waals surface area contributed by atoms with E-state index >= 15 is 0 Å². The Hall–Kier alpha value is -1.53. The van der Waals surface area contributed by atoms with Gasteiger partial charge in [0.2, 0.25) is 5.13 Å². The highest BCUT2D eigenvalue weighted by atomic mass is 32.1. The normalized spacial score (nSPS) is 13.2. The van der Waals surface area contributed by atoms with Gasteiger partial charge in [-0.15, -0.1) is 0 Å². The van der Waals surface area contributed by atoms with Crippen LogP contribution in [0.1, 0.15) is 38.3 Å². The number of hydrogen-bond acceptors (Lipinski definition) is 5.